The second kappa shape index (κ2) is 7.47. The van der Waals surface area contributed by atoms with Gasteiger partial charge in [-0.2, -0.15) is 4.31 Å². The normalized spacial score (nSPS) is 16.4. The fourth-order valence-electron chi connectivity index (χ4n) is 3.52. The van der Waals surface area contributed by atoms with Crippen molar-refractivity contribution in [1.82, 2.24) is 13.9 Å². The molecule has 2 heterocycles. The average molecular weight is 440 g/mol. The van der Waals surface area contributed by atoms with Crippen LogP contribution in [0.2, 0.25) is 5.02 Å². The number of aromatic nitrogens is 2. The summed E-state index contributed by atoms with van der Waals surface area (Å²) in [5.41, 5.74) is 0.0435. The first kappa shape index (κ1) is 19.9. The van der Waals surface area contributed by atoms with Crippen LogP contribution in [0.4, 0.5) is 8.78 Å². The topological polar surface area (TPSA) is 72.3 Å². The quantitative estimate of drug-likeness (QED) is 0.627. The van der Waals surface area contributed by atoms with Crippen molar-refractivity contribution in [2.45, 2.75) is 23.8 Å². The Morgan fingerprint density at radius 1 is 1.07 bits per heavy atom. The van der Waals surface area contributed by atoms with Crippen LogP contribution >= 0.6 is 11.6 Å². The van der Waals surface area contributed by atoms with Gasteiger partial charge in [0.2, 0.25) is 10.0 Å². The maximum absolute atomic E-state index is 13.5. The van der Waals surface area contributed by atoms with E-state index in [0.717, 1.165) is 18.2 Å². The highest BCUT2D eigenvalue weighted by Crippen LogP contribution is 2.28. The molecule has 0 atom stereocenters. The molecule has 0 aliphatic carbocycles. The van der Waals surface area contributed by atoms with E-state index in [1.807, 2.05) is 0 Å². The molecular formula is C19H16ClF2N3O3S. The highest BCUT2D eigenvalue weighted by atomic mass is 35.5. The molecule has 0 amide bonds. The molecule has 4 rings (SSSR count). The van der Waals surface area contributed by atoms with Crippen LogP contribution in [0.15, 0.2) is 52.4 Å². The first-order valence-corrected chi connectivity index (χ1v) is 10.7. The first-order valence-electron chi connectivity index (χ1n) is 8.89. The van der Waals surface area contributed by atoms with E-state index < -0.39 is 21.7 Å². The zero-order valence-electron chi connectivity index (χ0n) is 15.1. The van der Waals surface area contributed by atoms with Gasteiger partial charge < -0.3 is 0 Å². The van der Waals surface area contributed by atoms with Crippen molar-refractivity contribution in [2.75, 3.05) is 13.1 Å². The number of hydrogen-bond acceptors (Lipinski definition) is 4. The lowest BCUT2D eigenvalue weighted by molar-refractivity contribution is 0.269. The molecule has 0 saturated carbocycles. The second-order valence-electron chi connectivity index (χ2n) is 6.83. The Kier molecular flexibility index (Phi) is 5.14. The smallest absolute Gasteiger partial charge is 0.261 e. The van der Waals surface area contributed by atoms with Crippen LogP contribution in [-0.4, -0.2) is 35.4 Å². The number of hydrogen-bond donors (Lipinski definition) is 0. The van der Waals surface area contributed by atoms with Crippen LogP contribution in [0, 0.1) is 11.6 Å². The molecule has 29 heavy (non-hydrogen) atoms. The summed E-state index contributed by atoms with van der Waals surface area (Å²) in [6.45, 7) is 0.352. The molecule has 1 fully saturated rings. The Morgan fingerprint density at radius 3 is 2.48 bits per heavy atom. The predicted octanol–water partition coefficient (Wildman–Crippen LogP) is 3.35. The maximum atomic E-state index is 13.5. The fourth-order valence-corrected chi connectivity index (χ4v) is 5.26. The molecule has 1 aliphatic rings. The van der Waals surface area contributed by atoms with Crippen LogP contribution in [0.25, 0.3) is 10.9 Å². The summed E-state index contributed by atoms with van der Waals surface area (Å²) >= 11 is 5.71. The van der Waals surface area contributed by atoms with E-state index in [1.54, 1.807) is 0 Å². The van der Waals surface area contributed by atoms with Gasteiger partial charge in [-0.05, 0) is 49.2 Å². The molecule has 10 heteroatoms. The molecule has 1 saturated heterocycles. The van der Waals surface area contributed by atoms with Crippen molar-refractivity contribution in [3.8, 4) is 0 Å². The Hall–Kier alpha value is -2.36. The Balaban J connectivity index is 1.56. The molecular weight excluding hydrogens is 424 g/mol. The lowest BCUT2D eigenvalue weighted by Gasteiger charge is -2.32. The second-order valence-corrected chi connectivity index (χ2v) is 9.17. The van der Waals surface area contributed by atoms with Crippen LogP contribution in [0.5, 0.6) is 0 Å². The third kappa shape index (κ3) is 3.65. The van der Waals surface area contributed by atoms with Crippen molar-refractivity contribution in [3.05, 3.63) is 69.7 Å². The van der Waals surface area contributed by atoms with Gasteiger partial charge >= 0.3 is 0 Å². The van der Waals surface area contributed by atoms with Crippen molar-refractivity contribution >= 4 is 32.5 Å². The molecule has 0 N–H and O–H groups in total. The Labute approximate surface area is 170 Å². The lowest BCUT2D eigenvalue weighted by Crippen LogP contribution is -2.40. The third-order valence-electron chi connectivity index (χ3n) is 5.09. The molecule has 0 spiro atoms. The van der Waals surface area contributed by atoms with Gasteiger partial charge in [0.05, 0.1) is 27.1 Å². The van der Waals surface area contributed by atoms with Crippen LogP contribution < -0.4 is 5.56 Å². The van der Waals surface area contributed by atoms with E-state index in [0.29, 0.717) is 18.4 Å². The van der Waals surface area contributed by atoms with E-state index in [-0.39, 0.29) is 40.0 Å². The predicted molar refractivity (Wildman–Crippen MR) is 104 cm³/mol. The van der Waals surface area contributed by atoms with Gasteiger partial charge in [0.15, 0.2) is 0 Å². The minimum absolute atomic E-state index is 0.0811. The van der Waals surface area contributed by atoms with Gasteiger partial charge in [-0.3, -0.25) is 9.36 Å². The molecule has 0 bridgehead atoms. The number of halogens is 3. The highest BCUT2D eigenvalue weighted by Gasteiger charge is 2.31. The van der Waals surface area contributed by atoms with E-state index in [1.165, 1.54) is 33.4 Å². The SMILES string of the molecule is O=c1c2cc(F)ccc2ncn1C1CCN(S(=O)(=O)c2ccc(F)c(Cl)c2)CC1. The summed E-state index contributed by atoms with van der Waals surface area (Å²) in [7, 11) is -3.83. The van der Waals surface area contributed by atoms with Gasteiger partial charge in [-0.15, -0.1) is 0 Å². The monoisotopic (exact) mass is 439 g/mol. The lowest BCUT2D eigenvalue weighted by atomic mass is 10.1. The largest absolute Gasteiger partial charge is 0.296 e. The number of benzene rings is 2. The first-order chi connectivity index (χ1) is 13.8. The number of nitrogens with zero attached hydrogens (tertiary/aromatic N) is 3. The van der Waals surface area contributed by atoms with Gasteiger partial charge in [0.25, 0.3) is 5.56 Å². The van der Waals surface area contributed by atoms with E-state index in [9.17, 15) is 22.0 Å². The standard InChI is InChI=1S/C19H16ClF2N3O3S/c20-16-10-14(2-3-17(16)22)29(27,28)24-7-5-13(6-8-24)25-11-23-18-4-1-12(21)9-15(18)19(25)26/h1-4,9-11,13H,5-8H2. The van der Waals surface area contributed by atoms with E-state index in [2.05, 4.69) is 4.98 Å². The Bertz CT molecular complexity index is 1260. The van der Waals surface area contributed by atoms with Crippen molar-refractivity contribution < 1.29 is 17.2 Å². The van der Waals surface area contributed by atoms with E-state index >= 15 is 0 Å². The van der Waals surface area contributed by atoms with Crippen molar-refractivity contribution in [1.29, 1.82) is 0 Å². The van der Waals surface area contributed by atoms with E-state index in [4.69, 9.17) is 11.6 Å². The van der Waals surface area contributed by atoms with Crippen LogP contribution in [0.1, 0.15) is 18.9 Å². The number of sulfonamides is 1. The summed E-state index contributed by atoms with van der Waals surface area (Å²) in [5, 5.41) is -0.0783. The summed E-state index contributed by atoms with van der Waals surface area (Å²) in [6.07, 6.45) is 2.18. The molecule has 1 aliphatic heterocycles. The van der Waals surface area contributed by atoms with Gasteiger partial charge in [-0.25, -0.2) is 22.2 Å². The van der Waals surface area contributed by atoms with Gasteiger partial charge in [0.1, 0.15) is 11.6 Å². The molecule has 0 radical (unpaired) electrons. The van der Waals surface area contributed by atoms with Crippen LogP contribution in [-0.2, 0) is 10.0 Å². The molecule has 2 aromatic carbocycles. The molecule has 6 nitrogen and oxygen atoms in total. The highest BCUT2D eigenvalue weighted by molar-refractivity contribution is 7.89. The van der Waals surface area contributed by atoms with Crippen molar-refractivity contribution in [3.63, 3.8) is 0 Å². The maximum Gasteiger partial charge on any atom is 0.261 e. The summed E-state index contributed by atoms with van der Waals surface area (Å²) in [4.78, 5) is 16.8. The molecule has 152 valence electrons. The number of piperidine rings is 1. The zero-order chi connectivity index (χ0) is 20.8. The van der Waals surface area contributed by atoms with Crippen molar-refractivity contribution in [2.24, 2.45) is 0 Å². The minimum atomic E-state index is -3.83. The number of fused-ring (bicyclic) bond motifs is 1. The fraction of sp³-hybridized carbons (Fsp3) is 0.263. The zero-order valence-corrected chi connectivity index (χ0v) is 16.6. The molecule has 3 aromatic rings. The number of rotatable bonds is 3. The van der Waals surface area contributed by atoms with Crippen LogP contribution in [0.3, 0.4) is 0 Å². The molecule has 1 aromatic heterocycles. The summed E-state index contributed by atoms with van der Waals surface area (Å²) in [6, 6.07) is 6.86. The summed E-state index contributed by atoms with van der Waals surface area (Å²) < 4.78 is 55.2. The summed E-state index contributed by atoms with van der Waals surface area (Å²) in [5.74, 6) is -1.21. The minimum Gasteiger partial charge on any atom is -0.296 e. The third-order valence-corrected chi connectivity index (χ3v) is 7.27. The molecule has 0 unspecified atom stereocenters. The average Bonchev–Trinajstić information content (AvgIpc) is 2.71. The van der Waals surface area contributed by atoms with Gasteiger partial charge in [0, 0.05) is 19.1 Å². The van der Waals surface area contributed by atoms with Gasteiger partial charge in [-0.1, -0.05) is 11.6 Å². The Morgan fingerprint density at radius 2 is 1.79 bits per heavy atom.